The average molecular weight is 590 g/mol. The van der Waals surface area contributed by atoms with Gasteiger partial charge in [0.1, 0.15) is 0 Å². The first-order valence-corrected chi connectivity index (χ1v) is 12.2. The Morgan fingerprint density at radius 3 is 2.18 bits per heavy atom. The van der Waals surface area contributed by atoms with E-state index in [1.54, 1.807) is 20.8 Å². The minimum absolute atomic E-state index is 0. The van der Waals surface area contributed by atoms with Gasteiger partial charge in [-0.25, -0.2) is 5.46 Å². The van der Waals surface area contributed by atoms with Gasteiger partial charge in [0.25, 0.3) is 0 Å². The molecule has 34 heavy (non-hydrogen) atoms. The third-order valence-corrected chi connectivity index (χ3v) is 7.55. The van der Waals surface area contributed by atoms with Crippen molar-refractivity contribution in [2.45, 2.75) is 84.4 Å². The zero-order valence-electron chi connectivity index (χ0n) is 20.8. The van der Waals surface area contributed by atoms with E-state index < -0.39 is 6.11 Å². The van der Waals surface area contributed by atoms with Crippen molar-refractivity contribution < 1.29 is 53.9 Å². The SMILES string of the molecule is [B]c1[c-]cc(OC(F)(F)c2c(C)cc(C3CCC(C4CCC(C)CO4)CC3)cc2C)cc1C.[La]. The van der Waals surface area contributed by atoms with Gasteiger partial charge in [0.05, 0.1) is 19.5 Å². The number of aryl methyl sites for hydroxylation is 3. The van der Waals surface area contributed by atoms with E-state index in [9.17, 15) is 0 Å². The smallest absolute Gasteiger partial charge is 0.416 e. The zero-order chi connectivity index (χ0) is 23.8. The number of hydrogen-bond acceptors (Lipinski definition) is 2. The predicted molar refractivity (Wildman–Crippen MR) is 129 cm³/mol. The van der Waals surface area contributed by atoms with Crippen molar-refractivity contribution in [3.63, 3.8) is 0 Å². The molecule has 2 aromatic carbocycles. The fourth-order valence-corrected chi connectivity index (χ4v) is 5.64. The normalized spacial score (nSPS) is 25.5. The Hall–Kier alpha value is -0.680. The third kappa shape index (κ3) is 6.35. The van der Waals surface area contributed by atoms with Crippen LogP contribution in [-0.2, 0) is 10.8 Å². The Kier molecular flexibility index (Phi) is 9.50. The van der Waals surface area contributed by atoms with Crippen molar-refractivity contribution in [3.05, 3.63) is 58.1 Å². The molecule has 2 unspecified atom stereocenters. The molecule has 1 aliphatic carbocycles. The summed E-state index contributed by atoms with van der Waals surface area (Å²) in [6, 6.07) is 9.52. The van der Waals surface area contributed by atoms with Gasteiger partial charge < -0.3 is 9.47 Å². The Morgan fingerprint density at radius 2 is 1.62 bits per heavy atom. The maximum Gasteiger partial charge on any atom is 0.416 e. The van der Waals surface area contributed by atoms with E-state index in [1.165, 1.54) is 25.0 Å². The van der Waals surface area contributed by atoms with Gasteiger partial charge in [-0.2, -0.15) is 20.4 Å². The van der Waals surface area contributed by atoms with Gasteiger partial charge >= 0.3 is 6.11 Å². The fourth-order valence-electron chi connectivity index (χ4n) is 5.64. The molecular formula is C28H34BF2LaO2-. The number of halogens is 2. The van der Waals surface area contributed by atoms with Crippen LogP contribution in [0.4, 0.5) is 8.78 Å². The summed E-state index contributed by atoms with van der Waals surface area (Å²) in [4.78, 5) is 0. The average Bonchev–Trinajstić information content (AvgIpc) is 2.76. The molecule has 1 saturated heterocycles. The van der Waals surface area contributed by atoms with Crippen molar-refractivity contribution >= 4 is 13.3 Å². The first-order chi connectivity index (χ1) is 15.6. The van der Waals surface area contributed by atoms with E-state index in [2.05, 4.69) is 13.0 Å². The minimum atomic E-state index is -3.43. The molecule has 3 radical (unpaired) electrons. The standard InChI is InChI=1S/C28H34BF2O2.La/c1-17-5-12-26(32-16-17)22-8-6-21(7-9-22)23-13-19(3)27(20(4)14-23)28(30,31)33-24-10-11-25(29)18(2)15-24;/h10,13-15,17,21-22,26H,5-9,12,16H2,1-4H3;/q-1;. The molecule has 2 aromatic rings. The van der Waals surface area contributed by atoms with Crippen LogP contribution in [0, 0.1) is 74.3 Å². The summed E-state index contributed by atoms with van der Waals surface area (Å²) >= 11 is 0. The molecule has 0 bridgehead atoms. The van der Waals surface area contributed by atoms with Gasteiger partial charge in [0.15, 0.2) is 0 Å². The van der Waals surface area contributed by atoms with Crippen LogP contribution >= 0.6 is 0 Å². The second kappa shape index (κ2) is 11.6. The molecule has 0 amide bonds. The van der Waals surface area contributed by atoms with Crippen LogP contribution in [0.2, 0.25) is 0 Å². The summed E-state index contributed by atoms with van der Waals surface area (Å²) in [7, 11) is 5.75. The minimum Gasteiger partial charge on any atom is -0.493 e. The summed E-state index contributed by atoms with van der Waals surface area (Å²) in [6.07, 6.45) is 3.87. The topological polar surface area (TPSA) is 18.5 Å². The molecule has 1 heterocycles. The largest absolute Gasteiger partial charge is 0.493 e. The van der Waals surface area contributed by atoms with Gasteiger partial charge in [0, 0.05) is 48.0 Å². The van der Waals surface area contributed by atoms with Gasteiger partial charge in [-0.05, 0) is 86.8 Å². The molecule has 1 aliphatic heterocycles. The van der Waals surface area contributed by atoms with Crippen molar-refractivity contribution in [2.75, 3.05) is 6.61 Å². The van der Waals surface area contributed by atoms with Crippen molar-refractivity contribution in [2.24, 2.45) is 11.8 Å². The Labute approximate surface area is 232 Å². The fraction of sp³-hybridized carbons (Fsp3) is 0.571. The summed E-state index contributed by atoms with van der Waals surface area (Å²) in [5.74, 6) is 1.78. The van der Waals surface area contributed by atoms with Crippen LogP contribution in [-0.4, -0.2) is 20.6 Å². The monoisotopic (exact) mass is 590 g/mol. The van der Waals surface area contributed by atoms with Crippen molar-refractivity contribution in [3.8, 4) is 5.75 Å². The molecule has 2 nitrogen and oxygen atoms in total. The van der Waals surface area contributed by atoms with Crippen LogP contribution in [0.25, 0.3) is 0 Å². The van der Waals surface area contributed by atoms with Gasteiger partial charge in [-0.15, -0.1) is 12.1 Å². The van der Waals surface area contributed by atoms with Gasteiger partial charge in [0.2, 0.25) is 0 Å². The molecule has 4 rings (SSSR count). The Morgan fingerprint density at radius 1 is 0.971 bits per heavy atom. The molecule has 179 valence electrons. The third-order valence-electron chi connectivity index (χ3n) is 7.55. The van der Waals surface area contributed by atoms with E-state index in [-0.39, 0.29) is 46.9 Å². The van der Waals surface area contributed by atoms with E-state index in [0.29, 0.717) is 46.0 Å². The van der Waals surface area contributed by atoms with E-state index >= 15 is 8.78 Å². The summed E-state index contributed by atoms with van der Waals surface area (Å²) in [6.45, 7) is 8.40. The van der Waals surface area contributed by atoms with E-state index in [1.807, 2.05) is 12.1 Å². The second-order valence-electron chi connectivity index (χ2n) is 10.2. The number of rotatable bonds is 5. The first kappa shape index (κ1) is 27.9. The quantitative estimate of drug-likeness (QED) is 0.296. The number of ether oxygens (including phenoxy) is 2. The van der Waals surface area contributed by atoms with Gasteiger partial charge in [-0.3, -0.25) is 0 Å². The Balaban J connectivity index is 0.00000324. The Bertz CT molecular complexity index is 957. The molecule has 2 atom stereocenters. The van der Waals surface area contributed by atoms with Gasteiger partial charge in [-0.1, -0.05) is 26.0 Å². The maximum absolute atomic E-state index is 15.2. The number of hydrogen-bond donors (Lipinski definition) is 0. The molecular weight excluding hydrogens is 556 g/mol. The zero-order valence-corrected chi connectivity index (χ0v) is 24.4. The van der Waals surface area contributed by atoms with Crippen LogP contribution in [0.5, 0.6) is 5.75 Å². The van der Waals surface area contributed by atoms with Crippen LogP contribution in [0.1, 0.15) is 79.2 Å². The maximum atomic E-state index is 15.2. The number of benzene rings is 2. The summed E-state index contributed by atoms with van der Waals surface area (Å²) in [5.41, 5.74) is 3.34. The predicted octanol–water partition coefficient (Wildman–Crippen LogP) is 6.42. The summed E-state index contributed by atoms with van der Waals surface area (Å²) < 4.78 is 41.6. The molecule has 0 spiro atoms. The molecule has 2 fully saturated rings. The van der Waals surface area contributed by atoms with Crippen LogP contribution < -0.4 is 10.2 Å². The first-order valence-electron chi connectivity index (χ1n) is 12.2. The van der Waals surface area contributed by atoms with Crippen LogP contribution in [0.15, 0.2) is 24.3 Å². The molecule has 0 aromatic heterocycles. The van der Waals surface area contributed by atoms with Crippen LogP contribution in [0.3, 0.4) is 0 Å². The molecule has 2 aliphatic rings. The van der Waals surface area contributed by atoms with E-state index in [4.69, 9.17) is 17.3 Å². The number of alkyl halides is 2. The second-order valence-corrected chi connectivity index (χ2v) is 10.2. The molecule has 0 N–H and O–H groups in total. The molecule has 1 saturated carbocycles. The molecule has 6 heteroatoms. The summed E-state index contributed by atoms with van der Waals surface area (Å²) in [5, 5.41) is 0. The van der Waals surface area contributed by atoms with E-state index in [0.717, 1.165) is 37.9 Å². The van der Waals surface area contributed by atoms with Crippen molar-refractivity contribution in [1.82, 2.24) is 0 Å². The van der Waals surface area contributed by atoms with Crippen molar-refractivity contribution in [1.29, 1.82) is 0 Å².